The summed E-state index contributed by atoms with van der Waals surface area (Å²) in [6.07, 6.45) is 6.19. The molecule has 6 heteroatoms. The Labute approximate surface area is 224 Å². The molecule has 4 aromatic rings. The summed E-state index contributed by atoms with van der Waals surface area (Å²) in [6.45, 7) is 6.08. The van der Waals surface area contributed by atoms with Gasteiger partial charge in [0.1, 0.15) is 0 Å². The van der Waals surface area contributed by atoms with E-state index in [4.69, 9.17) is 11.6 Å². The van der Waals surface area contributed by atoms with Crippen molar-refractivity contribution >= 4 is 11.6 Å². The number of nitrogens with zero attached hydrogens (tertiary/aromatic N) is 4. The summed E-state index contributed by atoms with van der Waals surface area (Å²) >= 11 is 6.13. The lowest BCUT2D eigenvalue weighted by molar-refractivity contribution is 0.281. The molecular formula is C31H30ClN5. The smallest absolute Gasteiger partial charge is 0.0991 e. The molecule has 0 amide bonds. The Kier molecular flexibility index (Phi) is 8.09. The molecule has 0 aliphatic rings. The summed E-state index contributed by atoms with van der Waals surface area (Å²) in [5, 5.41) is 24.1. The topological polar surface area (TPSA) is 77.4 Å². The van der Waals surface area contributed by atoms with Crippen molar-refractivity contribution in [2.75, 3.05) is 0 Å². The lowest BCUT2D eigenvalue weighted by Crippen LogP contribution is -2.42. The quantitative estimate of drug-likeness (QED) is 0.265. The number of nitriles is 2. The van der Waals surface area contributed by atoms with Crippen LogP contribution in [0.4, 0.5) is 0 Å². The highest BCUT2D eigenvalue weighted by atomic mass is 35.5. The third-order valence-corrected chi connectivity index (χ3v) is 7.14. The van der Waals surface area contributed by atoms with Crippen LogP contribution < -0.4 is 5.32 Å². The predicted molar refractivity (Wildman–Crippen MR) is 147 cm³/mol. The van der Waals surface area contributed by atoms with Crippen molar-refractivity contribution in [3.63, 3.8) is 0 Å². The van der Waals surface area contributed by atoms with Crippen LogP contribution in [-0.2, 0) is 6.42 Å². The minimum Gasteiger partial charge on any atom is -0.306 e. The van der Waals surface area contributed by atoms with E-state index in [1.165, 1.54) is 0 Å². The molecule has 0 aliphatic carbocycles. The molecule has 0 spiro atoms. The van der Waals surface area contributed by atoms with Crippen LogP contribution in [0, 0.1) is 28.1 Å². The van der Waals surface area contributed by atoms with Crippen LogP contribution in [0.15, 0.2) is 91.5 Å². The summed E-state index contributed by atoms with van der Waals surface area (Å²) in [6, 6.07) is 28.5. The minimum absolute atomic E-state index is 0.00410. The van der Waals surface area contributed by atoms with Crippen molar-refractivity contribution in [3.05, 3.63) is 119 Å². The van der Waals surface area contributed by atoms with E-state index in [2.05, 4.69) is 47.6 Å². The van der Waals surface area contributed by atoms with Crippen molar-refractivity contribution in [2.24, 2.45) is 5.41 Å². The lowest BCUT2D eigenvalue weighted by atomic mass is 9.79. The maximum Gasteiger partial charge on any atom is 0.0991 e. The fraction of sp³-hybridized carbons (Fsp3) is 0.258. The number of halogens is 1. The maximum atomic E-state index is 10.1. The second kappa shape index (κ2) is 11.4. The van der Waals surface area contributed by atoms with Crippen LogP contribution in [0.5, 0.6) is 0 Å². The zero-order valence-electron chi connectivity index (χ0n) is 21.3. The monoisotopic (exact) mass is 507 g/mol. The SMILES string of the molecule is C[C@H](NC(c1ccc(-n2ccnc2)cc1)C(C)(C)C#N)[C@@H](Cc1ccc(Cl)cc1)c1cccc(C#N)c1. The molecule has 1 unspecified atom stereocenters. The largest absolute Gasteiger partial charge is 0.306 e. The van der Waals surface area contributed by atoms with Gasteiger partial charge in [0.25, 0.3) is 0 Å². The van der Waals surface area contributed by atoms with Gasteiger partial charge in [-0.2, -0.15) is 10.5 Å². The standard InChI is InChI=1S/C31H30ClN5/c1-22(29(18-23-7-11-27(32)12-8-23)26-6-4-5-24(17-26)19-33)36-30(31(2,3)20-34)25-9-13-28(14-10-25)37-16-15-35-21-37/h4-17,21-22,29-30,36H,18H2,1-3H3/t22-,29+,30?/m0/s1. The van der Waals surface area contributed by atoms with Crippen LogP contribution >= 0.6 is 11.6 Å². The first kappa shape index (κ1) is 26.2. The zero-order valence-corrected chi connectivity index (χ0v) is 22.0. The Morgan fingerprint density at radius 3 is 2.35 bits per heavy atom. The lowest BCUT2D eigenvalue weighted by Gasteiger charge is -2.36. The average Bonchev–Trinajstić information content (AvgIpc) is 3.46. The molecule has 1 N–H and O–H groups in total. The number of nitrogens with one attached hydrogen (secondary N) is 1. The predicted octanol–water partition coefficient (Wildman–Crippen LogP) is 6.99. The minimum atomic E-state index is -0.663. The normalized spacial score (nSPS) is 13.8. The molecule has 0 saturated heterocycles. The van der Waals surface area contributed by atoms with E-state index in [0.29, 0.717) is 10.6 Å². The molecule has 0 saturated carbocycles. The van der Waals surface area contributed by atoms with E-state index in [1.54, 1.807) is 12.5 Å². The molecule has 37 heavy (non-hydrogen) atoms. The summed E-state index contributed by atoms with van der Waals surface area (Å²) < 4.78 is 1.95. The van der Waals surface area contributed by atoms with Gasteiger partial charge in [-0.05, 0) is 80.3 Å². The van der Waals surface area contributed by atoms with E-state index >= 15 is 0 Å². The Morgan fingerprint density at radius 2 is 1.73 bits per heavy atom. The van der Waals surface area contributed by atoms with Gasteiger partial charge in [0.15, 0.2) is 0 Å². The molecule has 0 fully saturated rings. The Hall–Kier alpha value is -3.90. The number of imidazole rings is 1. The first-order valence-corrected chi connectivity index (χ1v) is 12.7. The highest BCUT2D eigenvalue weighted by Gasteiger charge is 2.34. The molecule has 0 radical (unpaired) electrons. The van der Waals surface area contributed by atoms with Crippen molar-refractivity contribution in [1.29, 1.82) is 10.5 Å². The number of hydrogen-bond acceptors (Lipinski definition) is 4. The second-order valence-electron chi connectivity index (χ2n) is 9.96. The van der Waals surface area contributed by atoms with E-state index < -0.39 is 5.41 Å². The van der Waals surface area contributed by atoms with E-state index in [-0.39, 0.29) is 18.0 Å². The van der Waals surface area contributed by atoms with E-state index in [9.17, 15) is 10.5 Å². The van der Waals surface area contributed by atoms with Gasteiger partial charge in [-0.25, -0.2) is 4.98 Å². The average molecular weight is 508 g/mol. The Morgan fingerprint density at radius 1 is 1.00 bits per heavy atom. The number of hydrogen-bond donors (Lipinski definition) is 1. The highest BCUT2D eigenvalue weighted by molar-refractivity contribution is 6.30. The first-order chi connectivity index (χ1) is 17.8. The van der Waals surface area contributed by atoms with Gasteiger partial charge >= 0.3 is 0 Å². The summed E-state index contributed by atoms with van der Waals surface area (Å²) in [5.74, 6) is 0.0664. The molecule has 3 atom stereocenters. The number of rotatable bonds is 9. The van der Waals surface area contributed by atoms with Gasteiger partial charge < -0.3 is 9.88 Å². The summed E-state index contributed by atoms with van der Waals surface area (Å²) in [4.78, 5) is 4.13. The number of benzene rings is 3. The molecule has 3 aromatic carbocycles. The third kappa shape index (κ3) is 6.27. The molecule has 0 bridgehead atoms. The van der Waals surface area contributed by atoms with Crippen molar-refractivity contribution < 1.29 is 0 Å². The van der Waals surface area contributed by atoms with Crippen molar-refractivity contribution in [1.82, 2.24) is 14.9 Å². The number of aromatic nitrogens is 2. The van der Waals surface area contributed by atoms with Gasteiger partial charge in [0, 0.05) is 35.1 Å². The fourth-order valence-corrected chi connectivity index (χ4v) is 4.84. The highest BCUT2D eigenvalue weighted by Crippen LogP contribution is 2.36. The summed E-state index contributed by atoms with van der Waals surface area (Å²) in [7, 11) is 0. The van der Waals surface area contributed by atoms with Crippen LogP contribution in [0.25, 0.3) is 5.69 Å². The molecule has 5 nitrogen and oxygen atoms in total. The molecule has 0 aliphatic heterocycles. The Balaban J connectivity index is 1.67. The molecule has 4 rings (SSSR count). The second-order valence-corrected chi connectivity index (χ2v) is 10.4. The first-order valence-electron chi connectivity index (χ1n) is 12.3. The van der Waals surface area contributed by atoms with Crippen molar-refractivity contribution in [3.8, 4) is 17.8 Å². The van der Waals surface area contributed by atoms with E-state index in [1.807, 2.05) is 79.2 Å². The zero-order chi connectivity index (χ0) is 26.4. The van der Waals surface area contributed by atoms with Gasteiger partial charge in [-0.15, -0.1) is 0 Å². The molecule has 1 aromatic heterocycles. The summed E-state index contributed by atoms with van der Waals surface area (Å²) in [5.41, 5.74) is 4.26. The van der Waals surface area contributed by atoms with Crippen LogP contribution in [0.2, 0.25) is 5.02 Å². The van der Waals surface area contributed by atoms with Crippen molar-refractivity contribution in [2.45, 2.75) is 45.2 Å². The molecule has 186 valence electrons. The van der Waals surface area contributed by atoms with Crippen LogP contribution in [0.3, 0.4) is 0 Å². The van der Waals surface area contributed by atoms with Gasteiger partial charge in [0.05, 0.1) is 35.5 Å². The van der Waals surface area contributed by atoms with Crippen LogP contribution in [-0.4, -0.2) is 15.6 Å². The van der Waals surface area contributed by atoms with Gasteiger partial charge in [0.2, 0.25) is 0 Å². The Bertz CT molecular complexity index is 1390. The van der Waals surface area contributed by atoms with Crippen LogP contribution in [0.1, 0.15) is 55.0 Å². The maximum absolute atomic E-state index is 10.1. The third-order valence-electron chi connectivity index (χ3n) is 6.88. The molecule has 1 heterocycles. The van der Waals surface area contributed by atoms with E-state index in [0.717, 1.165) is 28.8 Å². The van der Waals surface area contributed by atoms with Gasteiger partial charge in [-0.1, -0.05) is 48.0 Å². The van der Waals surface area contributed by atoms with Gasteiger partial charge in [-0.3, -0.25) is 0 Å². The molecular weight excluding hydrogens is 478 g/mol. The fourth-order valence-electron chi connectivity index (χ4n) is 4.71.